The normalized spacial score (nSPS) is 27.0. The maximum absolute atomic E-state index is 13.4. The molecular formula is C23H29F3N6O4. The first-order chi connectivity index (χ1) is 17.3. The summed E-state index contributed by atoms with van der Waals surface area (Å²) in [5, 5.41) is 8.89. The fourth-order valence-electron chi connectivity index (χ4n) is 4.83. The highest BCUT2D eigenvalue weighted by molar-refractivity contribution is 5.80. The lowest BCUT2D eigenvalue weighted by atomic mass is 9.99. The molecule has 3 fully saturated rings. The van der Waals surface area contributed by atoms with Gasteiger partial charge in [-0.1, -0.05) is 0 Å². The van der Waals surface area contributed by atoms with E-state index in [-0.39, 0.29) is 25.5 Å². The molecule has 36 heavy (non-hydrogen) atoms. The van der Waals surface area contributed by atoms with Gasteiger partial charge in [-0.2, -0.15) is 18.4 Å². The standard InChI is InChI=1S/C23H29F3N6O4/c24-23(25,26)21-18(14-29-30-22(21)34)36-17-3-1-2-16(17)35-11-6-20(33)32-9-7-31(8-10-32)19-5-4-15(12-27)13-28-19/h4-5,13,16-18,21,29H,1-3,6-11,14H2,(H,30,34)/t16-,17-,18?,21?/m1/s1. The summed E-state index contributed by atoms with van der Waals surface area (Å²) in [5.74, 6) is -2.69. The molecule has 1 saturated carbocycles. The van der Waals surface area contributed by atoms with Crippen LogP contribution in [-0.2, 0) is 19.1 Å². The van der Waals surface area contributed by atoms with Gasteiger partial charge in [0.2, 0.25) is 11.8 Å². The van der Waals surface area contributed by atoms with E-state index in [9.17, 15) is 22.8 Å². The van der Waals surface area contributed by atoms with Crippen molar-refractivity contribution in [3.05, 3.63) is 23.9 Å². The second-order valence-corrected chi connectivity index (χ2v) is 9.08. The molecule has 2 N–H and O–H groups in total. The summed E-state index contributed by atoms with van der Waals surface area (Å²) in [4.78, 5) is 32.5. The lowest BCUT2D eigenvalue weighted by Gasteiger charge is -2.36. The lowest BCUT2D eigenvalue weighted by Crippen LogP contribution is -2.61. The number of nitriles is 1. The van der Waals surface area contributed by atoms with Crippen molar-refractivity contribution in [3.8, 4) is 6.07 Å². The van der Waals surface area contributed by atoms with Gasteiger partial charge in [0.15, 0.2) is 5.92 Å². The van der Waals surface area contributed by atoms with E-state index in [4.69, 9.17) is 14.7 Å². The molecule has 0 aromatic carbocycles. The summed E-state index contributed by atoms with van der Waals surface area (Å²) in [6, 6.07) is 5.53. The first-order valence-corrected chi connectivity index (χ1v) is 12.0. The van der Waals surface area contributed by atoms with Gasteiger partial charge in [0.05, 0.1) is 36.9 Å². The van der Waals surface area contributed by atoms with Crippen LogP contribution in [0.4, 0.5) is 19.0 Å². The van der Waals surface area contributed by atoms with Crippen LogP contribution in [0.25, 0.3) is 0 Å². The van der Waals surface area contributed by atoms with Gasteiger partial charge in [-0.15, -0.1) is 0 Å². The van der Waals surface area contributed by atoms with Crippen LogP contribution in [0.3, 0.4) is 0 Å². The predicted molar refractivity (Wildman–Crippen MR) is 120 cm³/mol. The number of anilines is 1. The van der Waals surface area contributed by atoms with E-state index in [0.29, 0.717) is 44.6 Å². The molecule has 2 unspecified atom stereocenters. The molecule has 10 nitrogen and oxygen atoms in total. The number of amides is 2. The number of rotatable bonds is 7. The summed E-state index contributed by atoms with van der Waals surface area (Å²) < 4.78 is 51.7. The first-order valence-electron chi connectivity index (χ1n) is 12.0. The van der Waals surface area contributed by atoms with Crippen LogP contribution in [-0.4, -0.2) is 85.5 Å². The average molecular weight is 511 g/mol. The predicted octanol–water partition coefficient (Wildman–Crippen LogP) is 1.13. The number of piperazine rings is 1. The maximum atomic E-state index is 13.4. The second kappa shape index (κ2) is 11.4. The SMILES string of the molecule is N#Cc1ccc(N2CCN(C(=O)CCO[C@@H]3CCC[C@H]3OC3CNNC(=O)C3C(F)(F)F)CC2)nc1. The number of aromatic nitrogens is 1. The fraction of sp³-hybridized carbons (Fsp3) is 0.652. The van der Waals surface area contributed by atoms with Crippen molar-refractivity contribution in [1.82, 2.24) is 20.7 Å². The molecule has 1 aliphatic carbocycles. The highest BCUT2D eigenvalue weighted by Gasteiger charge is 2.53. The Labute approximate surface area is 206 Å². The van der Waals surface area contributed by atoms with Crippen molar-refractivity contribution in [2.24, 2.45) is 5.92 Å². The van der Waals surface area contributed by atoms with Crippen LogP contribution < -0.4 is 15.8 Å². The molecule has 0 bridgehead atoms. The van der Waals surface area contributed by atoms with Gasteiger partial charge in [0, 0.05) is 38.9 Å². The number of hydrogen-bond acceptors (Lipinski definition) is 8. The number of hydrazine groups is 1. The number of ether oxygens (including phenoxy) is 2. The summed E-state index contributed by atoms with van der Waals surface area (Å²) in [6.45, 7) is 2.30. The summed E-state index contributed by atoms with van der Waals surface area (Å²) in [5.41, 5.74) is 4.96. The zero-order valence-electron chi connectivity index (χ0n) is 19.7. The van der Waals surface area contributed by atoms with E-state index in [1.807, 2.05) is 11.5 Å². The smallest absolute Gasteiger partial charge is 0.375 e. The molecule has 0 spiro atoms. The van der Waals surface area contributed by atoms with Crippen molar-refractivity contribution in [2.75, 3.05) is 44.2 Å². The third-order valence-corrected chi connectivity index (χ3v) is 6.74. The highest BCUT2D eigenvalue weighted by Crippen LogP contribution is 2.34. The topological polar surface area (TPSA) is 120 Å². The van der Waals surface area contributed by atoms with Crippen molar-refractivity contribution in [2.45, 2.75) is 50.2 Å². The van der Waals surface area contributed by atoms with Crippen LogP contribution in [0.1, 0.15) is 31.2 Å². The third kappa shape index (κ3) is 6.24. The Bertz CT molecular complexity index is 962. The Hall–Kier alpha value is -2.95. The number of carbonyl (C=O) groups excluding carboxylic acids is 2. The van der Waals surface area contributed by atoms with Gasteiger partial charge in [0.25, 0.3) is 0 Å². The summed E-state index contributed by atoms with van der Waals surface area (Å²) in [7, 11) is 0. The van der Waals surface area contributed by atoms with Crippen molar-refractivity contribution < 1.29 is 32.2 Å². The minimum Gasteiger partial charge on any atom is -0.375 e. The van der Waals surface area contributed by atoms with Crippen molar-refractivity contribution in [1.29, 1.82) is 5.26 Å². The summed E-state index contributed by atoms with van der Waals surface area (Å²) >= 11 is 0. The number of halogens is 3. The number of nitrogens with one attached hydrogen (secondary N) is 2. The Kier molecular flexibility index (Phi) is 8.28. The monoisotopic (exact) mass is 510 g/mol. The molecule has 2 amide bonds. The Balaban J connectivity index is 1.21. The molecule has 196 valence electrons. The first kappa shape index (κ1) is 26.1. The van der Waals surface area contributed by atoms with Crippen LogP contribution in [0.2, 0.25) is 0 Å². The number of pyridine rings is 1. The molecule has 3 aliphatic rings. The molecule has 0 radical (unpaired) electrons. The van der Waals surface area contributed by atoms with Crippen LogP contribution in [0, 0.1) is 17.2 Å². The Morgan fingerprint density at radius 1 is 1.17 bits per heavy atom. The maximum Gasteiger partial charge on any atom is 0.403 e. The van der Waals surface area contributed by atoms with E-state index < -0.39 is 36.3 Å². The van der Waals surface area contributed by atoms with E-state index in [0.717, 1.165) is 12.2 Å². The Morgan fingerprint density at radius 3 is 2.58 bits per heavy atom. The van der Waals surface area contributed by atoms with Gasteiger partial charge < -0.3 is 19.3 Å². The van der Waals surface area contributed by atoms with Gasteiger partial charge in [-0.05, 0) is 31.4 Å². The molecular weight excluding hydrogens is 481 g/mol. The molecule has 4 atom stereocenters. The average Bonchev–Trinajstić information content (AvgIpc) is 3.30. The number of nitrogens with zero attached hydrogens (tertiary/aromatic N) is 4. The molecule has 2 saturated heterocycles. The number of hydrogen-bond donors (Lipinski definition) is 2. The van der Waals surface area contributed by atoms with Gasteiger partial charge in [-0.3, -0.25) is 15.0 Å². The van der Waals surface area contributed by atoms with Crippen LogP contribution in [0.15, 0.2) is 18.3 Å². The lowest BCUT2D eigenvalue weighted by molar-refractivity contribution is -0.223. The van der Waals surface area contributed by atoms with Crippen molar-refractivity contribution in [3.63, 3.8) is 0 Å². The quantitative estimate of drug-likeness (QED) is 0.560. The third-order valence-electron chi connectivity index (χ3n) is 6.74. The zero-order chi connectivity index (χ0) is 25.7. The van der Waals surface area contributed by atoms with Gasteiger partial charge in [-0.25, -0.2) is 10.4 Å². The molecule has 13 heteroatoms. The van der Waals surface area contributed by atoms with Gasteiger partial charge in [0.1, 0.15) is 11.9 Å². The minimum atomic E-state index is -4.71. The molecule has 3 heterocycles. The molecule has 1 aromatic rings. The minimum absolute atomic E-state index is 0.0526. The molecule has 4 rings (SSSR count). The number of carbonyl (C=O) groups is 2. The van der Waals surface area contributed by atoms with Gasteiger partial charge >= 0.3 is 6.18 Å². The largest absolute Gasteiger partial charge is 0.403 e. The van der Waals surface area contributed by atoms with Crippen LogP contribution in [0.5, 0.6) is 0 Å². The van der Waals surface area contributed by atoms with E-state index >= 15 is 0 Å². The highest BCUT2D eigenvalue weighted by atomic mass is 19.4. The zero-order valence-corrected chi connectivity index (χ0v) is 19.7. The molecule has 1 aromatic heterocycles. The second-order valence-electron chi connectivity index (χ2n) is 9.08. The number of alkyl halides is 3. The van der Waals surface area contributed by atoms with Crippen LogP contribution >= 0.6 is 0 Å². The van der Waals surface area contributed by atoms with E-state index in [2.05, 4.69) is 15.3 Å². The summed E-state index contributed by atoms with van der Waals surface area (Å²) in [6.07, 6.45) is -3.45. The molecule has 2 aliphatic heterocycles. The fourth-order valence-corrected chi connectivity index (χ4v) is 4.83. The van der Waals surface area contributed by atoms with E-state index in [1.165, 1.54) is 6.20 Å². The Morgan fingerprint density at radius 2 is 1.92 bits per heavy atom. The van der Waals surface area contributed by atoms with Crippen molar-refractivity contribution >= 4 is 17.6 Å². The van der Waals surface area contributed by atoms with E-state index in [1.54, 1.807) is 17.0 Å².